The highest BCUT2D eigenvalue weighted by molar-refractivity contribution is 6.32. The molecule has 2 aliphatic rings. The van der Waals surface area contributed by atoms with E-state index >= 15 is 0 Å². The molecule has 0 fully saturated rings. The minimum atomic E-state index is -0.533. The number of aliphatic hydroxyl groups is 1. The molecule has 1 aromatic heterocycles. The van der Waals surface area contributed by atoms with Crippen molar-refractivity contribution in [3.8, 4) is 5.69 Å². The Morgan fingerprint density at radius 1 is 1.07 bits per heavy atom. The highest BCUT2D eigenvalue weighted by Crippen LogP contribution is 2.39. The Kier molecular flexibility index (Phi) is 4.31. The lowest BCUT2D eigenvalue weighted by molar-refractivity contribution is 0.0332. The Hall–Kier alpha value is -2.14. The molecule has 1 aliphatic heterocycles. The van der Waals surface area contributed by atoms with Crippen LogP contribution >= 0.6 is 11.6 Å². The SMILES string of the molecule is Cc1cccc2c1CN([C@@H]1CCc3nn(-c4ccccc4Cl)c(C)c3[C@@H]1O)C2. The predicted octanol–water partition coefficient (Wildman–Crippen LogP) is 4.51. The first-order valence-corrected chi connectivity index (χ1v) is 10.2. The minimum Gasteiger partial charge on any atom is -0.387 e. The molecule has 0 unspecified atom stereocenters. The van der Waals surface area contributed by atoms with Crippen LogP contribution in [0.15, 0.2) is 42.5 Å². The fraction of sp³-hybridized carbons (Fsp3) is 0.348. The van der Waals surface area contributed by atoms with Crippen molar-refractivity contribution in [2.24, 2.45) is 0 Å². The third-order valence-electron chi connectivity index (χ3n) is 6.37. The van der Waals surface area contributed by atoms with Crippen LogP contribution in [0.4, 0.5) is 0 Å². The van der Waals surface area contributed by atoms with Crippen molar-refractivity contribution in [1.82, 2.24) is 14.7 Å². The van der Waals surface area contributed by atoms with Gasteiger partial charge in [-0.05, 0) is 55.5 Å². The maximum Gasteiger partial charge on any atom is 0.0981 e. The summed E-state index contributed by atoms with van der Waals surface area (Å²) in [6, 6.07) is 14.4. The molecule has 5 rings (SSSR count). The van der Waals surface area contributed by atoms with Gasteiger partial charge in [-0.15, -0.1) is 0 Å². The zero-order valence-electron chi connectivity index (χ0n) is 16.2. The fourth-order valence-electron chi connectivity index (χ4n) is 4.87. The molecule has 0 radical (unpaired) electrons. The van der Waals surface area contributed by atoms with Crippen LogP contribution < -0.4 is 0 Å². The van der Waals surface area contributed by atoms with Crippen molar-refractivity contribution in [3.63, 3.8) is 0 Å². The molecule has 1 aliphatic carbocycles. The number of halogens is 1. The topological polar surface area (TPSA) is 41.3 Å². The second-order valence-electron chi connectivity index (χ2n) is 7.98. The van der Waals surface area contributed by atoms with Crippen LogP contribution in [0.25, 0.3) is 5.69 Å². The number of aliphatic hydroxyl groups excluding tert-OH is 1. The van der Waals surface area contributed by atoms with Gasteiger partial charge in [0.25, 0.3) is 0 Å². The maximum absolute atomic E-state index is 11.3. The maximum atomic E-state index is 11.3. The summed E-state index contributed by atoms with van der Waals surface area (Å²) in [5.74, 6) is 0. The van der Waals surface area contributed by atoms with Gasteiger partial charge >= 0.3 is 0 Å². The molecular weight excluding hydrogens is 370 g/mol. The van der Waals surface area contributed by atoms with E-state index in [4.69, 9.17) is 16.7 Å². The summed E-state index contributed by atoms with van der Waals surface area (Å²) in [5, 5.41) is 16.8. The monoisotopic (exact) mass is 393 g/mol. The van der Waals surface area contributed by atoms with Crippen LogP contribution in [0.3, 0.4) is 0 Å². The first kappa shape index (κ1) is 17.9. The van der Waals surface area contributed by atoms with E-state index < -0.39 is 6.10 Å². The normalized spacial score (nSPS) is 21.6. The van der Waals surface area contributed by atoms with Crippen molar-refractivity contribution in [3.05, 3.63) is 81.1 Å². The number of hydrogen-bond donors (Lipinski definition) is 1. The van der Waals surface area contributed by atoms with Crippen LogP contribution in [0.1, 0.15) is 46.2 Å². The van der Waals surface area contributed by atoms with Gasteiger partial charge in [0.05, 0.1) is 22.5 Å². The van der Waals surface area contributed by atoms with Crippen LogP contribution in [0, 0.1) is 13.8 Å². The summed E-state index contributed by atoms with van der Waals surface area (Å²) in [7, 11) is 0. The summed E-state index contributed by atoms with van der Waals surface area (Å²) in [4.78, 5) is 2.43. The van der Waals surface area contributed by atoms with E-state index in [1.54, 1.807) is 0 Å². The van der Waals surface area contributed by atoms with Crippen molar-refractivity contribution in [2.75, 3.05) is 0 Å². The van der Waals surface area contributed by atoms with E-state index in [9.17, 15) is 5.11 Å². The molecule has 5 heteroatoms. The van der Waals surface area contributed by atoms with Crippen molar-refractivity contribution in [2.45, 2.75) is 51.9 Å². The molecule has 0 saturated carbocycles. The lowest BCUT2D eigenvalue weighted by atomic mass is 9.88. The van der Waals surface area contributed by atoms with Crippen molar-refractivity contribution in [1.29, 1.82) is 0 Å². The Bertz CT molecular complexity index is 1060. The number of benzene rings is 2. The zero-order valence-corrected chi connectivity index (χ0v) is 16.9. The number of para-hydroxylation sites is 1. The van der Waals surface area contributed by atoms with E-state index in [-0.39, 0.29) is 6.04 Å². The van der Waals surface area contributed by atoms with Gasteiger partial charge in [0.15, 0.2) is 0 Å². The summed E-state index contributed by atoms with van der Waals surface area (Å²) in [5.41, 5.74) is 7.97. The van der Waals surface area contributed by atoms with E-state index in [1.165, 1.54) is 16.7 Å². The van der Waals surface area contributed by atoms with Gasteiger partial charge in [-0.3, -0.25) is 4.90 Å². The number of nitrogens with zero attached hydrogens (tertiary/aromatic N) is 3. The van der Waals surface area contributed by atoms with E-state index in [0.29, 0.717) is 5.02 Å². The quantitative estimate of drug-likeness (QED) is 0.696. The first-order valence-electron chi connectivity index (χ1n) is 9.87. The molecule has 3 aromatic rings. The van der Waals surface area contributed by atoms with Crippen LogP contribution in [-0.2, 0) is 19.5 Å². The average Bonchev–Trinajstić information content (AvgIpc) is 3.25. The van der Waals surface area contributed by atoms with E-state index in [2.05, 4.69) is 30.0 Å². The van der Waals surface area contributed by atoms with Gasteiger partial charge in [-0.2, -0.15) is 5.10 Å². The molecule has 28 heavy (non-hydrogen) atoms. The van der Waals surface area contributed by atoms with Gasteiger partial charge in [0.1, 0.15) is 0 Å². The van der Waals surface area contributed by atoms with Crippen molar-refractivity contribution < 1.29 is 5.11 Å². The standard InChI is InChI=1S/C23H24ClN3O/c1-14-6-5-7-16-12-26(13-17(14)16)21-11-10-19-22(23(21)28)15(2)27(25-19)20-9-4-3-8-18(20)24/h3-9,21,23,28H,10-13H2,1-2H3/t21-,23-/m1/s1. The lowest BCUT2D eigenvalue weighted by Crippen LogP contribution is -2.39. The number of aryl methyl sites for hydroxylation is 2. The Labute approximate surface area is 170 Å². The largest absolute Gasteiger partial charge is 0.387 e. The Morgan fingerprint density at radius 2 is 1.89 bits per heavy atom. The molecule has 2 heterocycles. The van der Waals surface area contributed by atoms with Crippen LogP contribution in [0.2, 0.25) is 5.02 Å². The smallest absolute Gasteiger partial charge is 0.0981 e. The van der Waals surface area contributed by atoms with Crippen LogP contribution in [-0.4, -0.2) is 25.8 Å². The number of hydrogen-bond acceptors (Lipinski definition) is 3. The third kappa shape index (κ3) is 2.71. The molecule has 144 valence electrons. The van der Waals surface area contributed by atoms with E-state index in [1.807, 2.05) is 35.9 Å². The molecule has 1 N–H and O–H groups in total. The average molecular weight is 394 g/mol. The highest BCUT2D eigenvalue weighted by atomic mass is 35.5. The molecule has 0 bridgehead atoms. The van der Waals surface area contributed by atoms with Gasteiger partial charge in [0, 0.05) is 30.4 Å². The Balaban J connectivity index is 1.48. The molecule has 0 spiro atoms. The molecule has 0 amide bonds. The van der Waals surface area contributed by atoms with Gasteiger partial charge in [0.2, 0.25) is 0 Å². The molecule has 2 aromatic carbocycles. The summed E-state index contributed by atoms with van der Waals surface area (Å²) in [6.45, 7) is 6.03. The lowest BCUT2D eigenvalue weighted by Gasteiger charge is -2.35. The summed E-state index contributed by atoms with van der Waals surface area (Å²) in [6.07, 6.45) is 1.26. The van der Waals surface area contributed by atoms with Gasteiger partial charge in [-0.25, -0.2) is 4.68 Å². The Morgan fingerprint density at radius 3 is 2.68 bits per heavy atom. The summed E-state index contributed by atoms with van der Waals surface area (Å²) < 4.78 is 1.89. The van der Waals surface area contributed by atoms with Crippen LogP contribution in [0.5, 0.6) is 0 Å². The van der Waals surface area contributed by atoms with Gasteiger partial charge in [-0.1, -0.05) is 41.9 Å². The number of fused-ring (bicyclic) bond motifs is 2. The molecular formula is C23H24ClN3O. The zero-order chi connectivity index (χ0) is 19.4. The minimum absolute atomic E-state index is 0.113. The molecule has 2 atom stereocenters. The second kappa shape index (κ2) is 6.73. The van der Waals surface area contributed by atoms with E-state index in [0.717, 1.165) is 48.6 Å². The third-order valence-corrected chi connectivity index (χ3v) is 6.69. The molecule has 0 saturated heterocycles. The van der Waals surface area contributed by atoms with Gasteiger partial charge < -0.3 is 5.11 Å². The fourth-order valence-corrected chi connectivity index (χ4v) is 5.08. The first-order chi connectivity index (χ1) is 13.5. The molecule has 4 nitrogen and oxygen atoms in total. The number of rotatable bonds is 2. The second-order valence-corrected chi connectivity index (χ2v) is 8.38. The highest BCUT2D eigenvalue weighted by Gasteiger charge is 2.38. The predicted molar refractivity (Wildman–Crippen MR) is 111 cm³/mol. The summed E-state index contributed by atoms with van der Waals surface area (Å²) >= 11 is 6.40. The van der Waals surface area contributed by atoms with Crippen molar-refractivity contribution >= 4 is 11.6 Å². The number of aromatic nitrogens is 2.